The zero-order valence-corrected chi connectivity index (χ0v) is 24.6. The van der Waals surface area contributed by atoms with Crippen molar-refractivity contribution in [2.75, 3.05) is 0 Å². The molecule has 5 aliphatic rings. The van der Waals surface area contributed by atoms with Crippen molar-refractivity contribution in [2.24, 2.45) is 43.6 Å². The summed E-state index contributed by atoms with van der Waals surface area (Å²) in [6, 6.07) is 16.6. The molecule has 2 aliphatic carbocycles. The first-order chi connectivity index (χ1) is 20.8. The van der Waals surface area contributed by atoms with Gasteiger partial charge in [-0.05, 0) is 94.9 Å². The Hall–Kier alpha value is -3.56. The van der Waals surface area contributed by atoms with Crippen molar-refractivity contribution in [3.63, 3.8) is 0 Å². The Labute approximate surface area is 252 Å². The topological polar surface area (TPSA) is 123 Å². The predicted molar refractivity (Wildman–Crippen MR) is 157 cm³/mol. The summed E-state index contributed by atoms with van der Waals surface area (Å²) in [5.74, 6) is 4.46. The van der Waals surface area contributed by atoms with E-state index in [0.29, 0.717) is 35.3 Å². The molecule has 9 rings (SSSR count). The molecule has 4 fully saturated rings. The van der Waals surface area contributed by atoms with Gasteiger partial charge in [0.1, 0.15) is 0 Å². The number of hydrogen-bond donors (Lipinski definition) is 0. The van der Waals surface area contributed by atoms with E-state index in [1.54, 1.807) is 0 Å². The maximum Gasteiger partial charge on any atom is 0.0137 e. The number of benzene rings is 2. The van der Waals surface area contributed by atoms with Crippen LogP contribution in [0.4, 0.5) is 11.6 Å². The first-order valence-corrected chi connectivity index (χ1v) is 15.7. The van der Waals surface area contributed by atoms with Crippen LogP contribution in [0.3, 0.4) is 0 Å². The molecule has 0 radical (unpaired) electrons. The minimum absolute atomic E-state index is 0.188. The summed E-state index contributed by atoms with van der Waals surface area (Å²) < 4.78 is 8.19. The summed E-state index contributed by atoms with van der Waals surface area (Å²) in [7, 11) is 0. The third-order valence-corrected chi connectivity index (χ3v) is 9.79. The van der Waals surface area contributed by atoms with Crippen molar-refractivity contribution >= 4 is 44.9 Å². The Morgan fingerprint density at radius 2 is 1.00 bits per heavy atom. The molecule has 6 unspecified atom stereocenters. The summed E-state index contributed by atoms with van der Waals surface area (Å²) in [6.45, 7) is 0. The summed E-state index contributed by atoms with van der Waals surface area (Å²) >= 11 is 1.06. The van der Waals surface area contributed by atoms with E-state index in [0.717, 1.165) is 87.2 Å². The van der Waals surface area contributed by atoms with Crippen LogP contribution in [0, 0.1) is 23.7 Å². The van der Waals surface area contributed by atoms with Crippen LogP contribution in [-0.4, -0.2) is 24.0 Å². The first kappa shape index (κ1) is 26.1. The zero-order valence-electron chi connectivity index (χ0n) is 23.2. The Morgan fingerprint density at radius 3 is 1.48 bits per heavy atom. The van der Waals surface area contributed by atoms with E-state index in [1.807, 2.05) is 0 Å². The molecule has 0 N–H and O–H groups in total. The number of rotatable bonds is 0. The molecular weight excluding hydrogens is 563 g/mol. The van der Waals surface area contributed by atoms with E-state index in [-0.39, 0.29) is 12.3 Å². The third kappa shape index (κ3) is 4.20. The second kappa shape index (κ2) is 10.6. The van der Waals surface area contributed by atoms with Gasteiger partial charge in [-0.25, -0.2) is 0 Å². The summed E-state index contributed by atoms with van der Waals surface area (Å²) in [5.41, 5.74) is 1.49. The smallest absolute Gasteiger partial charge is 0.0137 e. The fourth-order valence-corrected chi connectivity index (χ4v) is 7.82. The van der Waals surface area contributed by atoms with Crippen LogP contribution in [0.5, 0.6) is 0 Å². The van der Waals surface area contributed by atoms with Crippen LogP contribution in [0.2, 0.25) is 0 Å². The van der Waals surface area contributed by atoms with Gasteiger partial charge in [0.25, 0.3) is 0 Å². The SMILES string of the molecule is [O]=[V+2].c1ccc2c3[n-]c(c2c1)/N=C1\[N-]C(/N=c2\[n-]/c(c4ccccc24)=N\C2[N-]/C(=N\3)C3CCCCC23)C2CCCCC12. The number of fused-ring (bicyclic) bond motifs is 20. The van der Waals surface area contributed by atoms with Crippen LogP contribution >= 0.6 is 0 Å². The van der Waals surface area contributed by atoms with Crippen LogP contribution < -0.4 is 20.9 Å². The predicted octanol–water partition coefficient (Wildman–Crippen LogP) is 5.84. The Balaban J connectivity index is 0.00000131. The van der Waals surface area contributed by atoms with Gasteiger partial charge < -0.3 is 40.6 Å². The third-order valence-electron chi connectivity index (χ3n) is 9.79. The summed E-state index contributed by atoms with van der Waals surface area (Å²) in [4.78, 5) is 30.8. The van der Waals surface area contributed by atoms with E-state index in [2.05, 4.69) is 48.5 Å². The molecule has 42 heavy (non-hydrogen) atoms. The van der Waals surface area contributed by atoms with Gasteiger partial charge in [-0.1, -0.05) is 85.9 Å². The Morgan fingerprint density at radius 1 is 0.571 bits per heavy atom. The molecule has 2 aromatic carbocycles. The molecule has 211 valence electrons. The number of nitrogens with zero attached hydrogens (tertiary/aromatic N) is 8. The maximum absolute atomic E-state index is 8.19. The minimum Gasteiger partial charge on any atom is -0.459 e. The second-order valence-electron chi connectivity index (χ2n) is 12.0. The monoisotopic (exact) mass is 593 g/mol. The molecule has 6 atom stereocenters. The normalized spacial score (nSPS) is 33.6. The van der Waals surface area contributed by atoms with Crippen LogP contribution in [-0.2, 0) is 21.0 Å². The van der Waals surface area contributed by atoms with E-state index in [1.165, 1.54) is 25.7 Å². The standard InChI is InChI=1S/C32H30N8.O.V/c1-2-10-18-17(9-1)25-33-26(18)38-28-21-13-5-6-14-22(21)30(35-28)40-32-24-16-8-7-15-23(24)31(36-32)39-29-20-12-4-3-11-19(20)27(34-29)37-25;;/h1-2,7-10,15-16,19-22,27-28H,3-6,11-14H2;;/q-4;;+2. The molecule has 0 spiro atoms. The number of amidine groups is 2. The Kier molecular flexibility index (Phi) is 6.60. The van der Waals surface area contributed by atoms with Crippen molar-refractivity contribution in [3.05, 3.63) is 70.1 Å². The van der Waals surface area contributed by atoms with Crippen LogP contribution in [0.1, 0.15) is 51.4 Å². The molecule has 8 bridgehead atoms. The van der Waals surface area contributed by atoms with Crippen molar-refractivity contribution in [2.45, 2.75) is 63.7 Å². The van der Waals surface area contributed by atoms with Gasteiger partial charge in [0.2, 0.25) is 0 Å². The van der Waals surface area contributed by atoms with Crippen molar-refractivity contribution in [1.82, 2.24) is 9.97 Å². The van der Waals surface area contributed by atoms with Crippen molar-refractivity contribution < 1.29 is 21.0 Å². The number of aliphatic imine (C=N–C) groups is 2. The zero-order chi connectivity index (χ0) is 28.2. The van der Waals surface area contributed by atoms with E-state index >= 15 is 0 Å². The maximum atomic E-state index is 8.19. The van der Waals surface area contributed by atoms with Gasteiger partial charge in [0.05, 0.1) is 0 Å². The van der Waals surface area contributed by atoms with Gasteiger partial charge in [0.15, 0.2) is 0 Å². The molecule has 5 heterocycles. The average Bonchev–Trinajstić information content (AvgIpc) is 3.78. The minimum atomic E-state index is -0.188. The fourth-order valence-electron chi connectivity index (χ4n) is 7.82. The fraction of sp³-hybridized carbons (Fsp3) is 0.438. The molecule has 4 aromatic rings. The van der Waals surface area contributed by atoms with E-state index in [9.17, 15) is 0 Å². The molecular formula is C32H30N8OV-2. The van der Waals surface area contributed by atoms with E-state index < -0.39 is 0 Å². The quantitative estimate of drug-likeness (QED) is 0.255. The second-order valence-corrected chi connectivity index (χ2v) is 12.0. The van der Waals surface area contributed by atoms with Crippen molar-refractivity contribution in [1.29, 1.82) is 0 Å². The molecule has 10 heteroatoms. The van der Waals surface area contributed by atoms with E-state index in [4.69, 9.17) is 44.2 Å². The summed E-state index contributed by atoms with van der Waals surface area (Å²) in [6.07, 6.45) is 8.82. The van der Waals surface area contributed by atoms with Gasteiger partial charge in [-0.15, -0.1) is 0 Å². The van der Waals surface area contributed by atoms with Gasteiger partial charge >= 0.3 is 21.0 Å². The molecule has 2 saturated carbocycles. The summed E-state index contributed by atoms with van der Waals surface area (Å²) in [5, 5.41) is 14.4. The largest absolute Gasteiger partial charge is 0.459 e. The van der Waals surface area contributed by atoms with Gasteiger partial charge in [-0.3, -0.25) is 0 Å². The molecule has 2 aromatic heterocycles. The molecule has 3 aliphatic heterocycles. The van der Waals surface area contributed by atoms with Crippen molar-refractivity contribution in [3.8, 4) is 0 Å². The molecule has 0 amide bonds. The molecule has 2 saturated heterocycles. The number of hydrogen-bond acceptors (Lipinski definition) is 5. The van der Waals surface area contributed by atoms with Gasteiger partial charge in [0, 0.05) is 11.0 Å². The number of aromatic nitrogens is 2. The first-order valence-electron chi connectivity index (χ1n) is 15.1. The van der Waals surface area contributed by atoms with Crippen LogP contribution in [0.15, 0.2) is 68.5 Å². The molecule has 9 nitrogen and oxygen atoms in total. The van der Waals surface area contributed by atoms with Gasteiger partial charge in [-0.2, -0.15) is 0 Å². The average molecular weight is 594 g/mol. The Bertz CT molecular complexity index is 1730. The van der Waals surface area contributed by atoms with Crippen LogP contribution in [0.25, 0.3) is 32.2 Å².